The van der Waals surface area contributed by atoms with Gasteiger partial charge < -0.3 is 14.3 Å². The maximum atomic E-state index is 12.7. The van der Waals surface area contributed by atoms with Crippen LogP contribution >= 0.6 is 0 Å². The molecule has 4 heteroatoms. The maximum absolute atomic E-state index is 12.7. The normalized spacial score (nSPS) is 13.7. The Morgan fingerprint density at radius 1 is 1.10 bits per heavy atom. The Bertz CT molecular complexity index is 664. The lowest BCUT2D eigenvalue weighted by Gasteiger charge is -2.14. The van der Waals surface area contributed by atoms with Crippen molar-refractivity contribution in [1.29, 1.82) is 0 Å². The van der Waals surface area contributed by atoms with Crippen LogP contribution in [-0.2, 0) is 4.79 Å². The number of aldehydes is 1. The van der Waals surface area contributed by atoms with Crippen LogP contribution in [0.1, 0.15) is 28.3 Å². The second kappa shape index (κ2) is 5.79. The van der Waals surface area contributed by atoms with Gasteiger partial charge in [-0.1, -0.05) is 30.3 Å². The Balaban J connectivity index is 1.92. The fraction of sp³-hybridized carbons (Fsp3) is 0.176. The fourth-order valence-corrected chi connectivity index (χ4v) is 2.43. The molecule has 0 aliphatic carbocycles. The summed E-state index contributed by atoms with van der Waals surface area (Å²) < 4.78 is 10.5. The summed E-state index contributed by atoms with van der Waals surface area (Å²) in [6.45, 7) is 0.170. The van der Waals surface area contributed by atoms with E-state index in [-0.39, 0.29) is 19.0 Å². The summed E-state index contributed by atoms with van der Waals surface area (Å²) in [5, 5.41) is 0. The van der Waals surface area contributed by atoms with Crippen LogP contribution in [0.25, 0.3) is 0 Å². The van der Waals surface area contributed by atoms with Crippen LogP contribution in [0.4, 0.5) is 0 Å². The minimum atomic E-state index is -0.468. The Labute approximate surface area is 122 Å². The Morgan fingerprint density at radius 2 is 1.86 bits per heavy atom. The van der Waals surface area contributed by atoms with E-state index in [0.717, 1.165) is 11.8 Å². The Morgan fingerprint density at radius 3 is 2.62 bits per heavy atom. The monoisotopic (exact) mass is 282 g/mol. The lowest BCUT2D eigenvalue weighted by molar-refractivity contribution is -0.108. The number of ketones is 1. The summed E-state index contributed by atoms with van der Waals surface area (Å²) in [6, 6.07) is 14.4. The molecule has 0 fully saturated rings. The van der Waals surface area contributed by atoms with Crippen molar-refractivity contribution < 1.29 is 19.1 Å². The van der Waals surface area contributed by atoms with E-state index in [1.165, 1.54) is 0 Å². The summed E-state index contributed by atoms with van der Waals surface area (Å²) in [6.07, 6.45) is 0.944. The molecule has 1 atom stereocenters. The van der Waals surface area contributed by atoms with Crippen LogP contribution in [0.3, 0.4) is 0 Å². The summed E-state index contributed by atoms with van der Waals surface area (Å²) >= 11 is 0. The largest absolute Gasteiger partial charge is 0.454 e. The molecule has 1 aliphatic heterocycles. The van der Waals surface area contributed by atoms with Crippen molar-refractivity contribution in [1.82, 2.24) is 0 Å². The van der Waals surface area contributed by atoms with Gasteiger partial charge in [0.05, 0.1) is 5.92 Å². The van der Waals surface area contributed by atoms with Crippen molar-refractivity contribution in [2.75, 3.05) is 6.79 Å². The standard InChI is InChI=1S/C17H14O4/c18-9-8-14(12-4-2-1-3-5-12)17(19)13-6-7-15-16(10-13)21-11-20-15/h1-7,9-10,14H,8,11H2/t14-/m0/s1. The van der Waals surface area contributed by atoms with Crippen molar-refractivity contribution in [3.63, 3.8) is 0 Å². The topological polar surface area (TPSA) is 52.6 Å². The average Bonchev–Trinajstić information content (AvgIpc) is 3.00. The molecular formula is C17H14O4. The van der Waals surface area contributed by atoms with Gasteiger partial charge in [-0.15, -0.1) is 0 Å². The molecule has 0 N–H and O–H groups in total. The second-order valence-electron chi connectivity index (χ2n) is 4.80. The van der Waals surface area contributed by atoms with Crippen molar-refractivity contribution in [2.45, 2.75) is 12.3 Å². The first-order chi connectivity index (χ1) is 10.3. The molecule has 106 valence electrons. The third-order valence-corrected chi connectivity index (χ3v) is 3.51. The number of benzene rings is 2. The van der Waals surface area contributed by atoms with Gasteiger partial charge in [-0.25, -0.2) is 0 Å². The molecule has 0 spiro atoms. The van der Waals surface area contributed by atoms with E-state index in [9.17, 15) is 9.59 Å². The zero-order chi connectivity index (χ0) is 14.7. The van der Waals surface area contributed by atoms with Gasteiger partial charge >= 0.3 is 0 Å². The highest BCUT2D eigenvalue weighted by molar-refractivity contribution is 6.02. The fourth-order valence-electron chi connectivity index (χ4n) is 2.43. The Kier molecular flexibility index (Phi) is 3.69. The van der Waals surface area contributed by atoms with Crippen LogP contribution in [0, 0.1) is 0 Å². The molecule has 0 amide bonds. The molecule has 0 saturated carbocycles. The number of carbonyl (C=O) groups excluding carboxylic acids is 2. The van der Waals surface area contributed by atoms with E-state index in [0.29, 0.717) is 17.1 Å². The number of hydrogen-bond acceptors (Lipinski definition) is 4. The number of fused-ring (bicyclic) bond motifs is 1. The summed E-state index contributed by atoms with van der Waals surface area (Å²) in [5.41, 5.74) is 1.36. The Hall–Kier alpha value is -2.62. The molecular weight excluding hydrogens is 268 g/mol. The molecule has 2 aromatic rings. The van der Waals surface area contributed by atoms with E-state index in [1.807, 2.05) is 30.3 Å². The summed E-state index contributed by atoms with van der Waals surface area (Å²) in [4.78, 5) is 23.6. The molecule has 0 radical (unpaired) electrons. The molecule has 1 heterocycles. The molecule has 0 aromatic heterocycles. The van der Waals surface area contributed by atoms with Gasteiger partial charge in [0.15, 0.2) is 17.3 Å². The number of hydrogen-bond donors (Lipinski definition) is 0. The molecule has 0 bridgehead atoms. The highest BCUT2D eigenvalue weighted by Crippen LogP contribution is 2.34. The van der Waals surface area contributed by atoms with Crippen molar-refractivity contribution in [2.24, 2.45) is 0 Å². The lowest BCUT2D eigenvalue weighted by atomic mass is 9.88. The van der Waals surface area contributed by atoms with E-state index in [2.05, 4.69) is 0 Å². The van der Waals surface area contributed by atoms with Crippen LogP contribution in [0.15, 0.2) is 48.5 Å². The summed E-state index contributed by atoms with van der Waals surface area (Å²) in [5.74, 6) is 0.646. The van der Waals surface area contributed by atoms with Gasteiger partial charge in [0.1, 0.15) is 6.29 Å². The van der Waals surface area contributed by atoms with E-state index in [1.54, 1.807) is 18.2 Å². The maximum Gasteiger partial charge on any atom is 0.231 e. The van der Waals surface area contributed by atoms with E-state index in [4.69, 9.17) is 9.47 Å². The zero-order valence-electron chi connectivity index (χ0n) is 11.3. The van der Waals surface area contributed by atoms with Gasteiger partial charge in [-0.3, -0.25) is 4.79 Å². The van der Waals surface area contributed by atoms with E-state index >= 15 is 0 Å². The van der Waals surface area contributed by atoms with Gasteiger partial charge in [0, 0.05) is 12.0 Å². The third-order valence-electron chi connectivity index (χ3n) is 3.51. The minimum Gasteiger partial charge on any atom is -0.454 e. The van der Waals surface area contributed by atoms with E-state index < -0.39 is 5.92 Å². The molecule has 2 aromatic carbocycles. The molecule has 0 saturated heterocycles. The average molecular weight is 282 g/mol. The first kappa shape index (κ1) is 13.4. The van der Waals surface area contributed by atoms with Gasteiger partial charge in [0.2, 0.25) is 6.79 Å². The zero-order valence-corrected chi connectivity index (χ0v) is 11.3. The molecule has 21 heavy (non-hydrogen) atoms. The number of rotatable bonds is 5. The number of Topliss-reactive ketones (excluding diaryl/α,β-unsaturated/α-hetero) is 1. The van der Waals surface area contributed by atoms with Gasteiger partial charge in [0.25, 0.3) is 0 Å². The molecule has 4 nitrogen and oxygen atoms in total. The SMILES string of the molecule is O=CC[C@H](C(=O)c1ccc2c(c1)OCO2)c1ccccc1. The number of ether oxygens (including phenoxy) is 2. The first-order valence-electron chi connectivity index (χ1n) is 6.72. The molecule has 1 aliphatic rings. The summed E-state index contributed by atoms with van der Waals surface area (Å²) in [7, 11) is 0. The highest BCUT2D eigenvalue weighted by Gasteiger charge is 2.24. The number of carbonyl (C=O) groups is 2. The second-order valence-corrected chi connectivity index (χ2v) is 4.80. The van der Waals surface area contributed by atoms with Crippen LogP contribution in [0.5, 0.6) is 11.5 Å². The van der Waals surface area contributed by atoms with Crippen molar-refractivity contribution in [3.05, 3.63) is 59.7 Å². The predicted molar refractivity (Wildman–Crippen MR) is 76.8 cm³/mol. The first-order valence-corrected chi connectivity index (χ1v) is 6.72. The third kappa shape index (κ3) is 2.65. The smallest absolute Gasteiger partial charge is 0.231 e. The minimum absolute atomic E-state index is 0.0911. The van der Waals surface area contributed by atoms with Crippen LogP contribution < -0.4 is 9.47 Å². The van der Waals surface area contributed by atoms with Gasteiger partial charge in [-0.05, 0) is 23.8 Å². The predicted octanol–water partition coefficient (Wildman–Crippen LogP) is 2.97. The molecule has 3 rings (SSSR count). The lowest BCUT2D eigenvalue weighted by Crippen LogP contribution is -2.13. The van der Waals surface area contributed by atoms with Crippen molar-refractivity contribution in [3.8, 4) is 11.5 Å². The van der Waals surface area contributed by atoms with Gasteiger partial charge in [-0.2, -0.15) is 0 Å². The highest BCUT2D eigenvalue weighted by atomic mass is 16.7. The van der Waals surface area contributed by atoms with Crippen LogP contribution in [-0.4, -0.2) is 18.9 Å². The van der Waals surface area contributed by atoms with Crippen LogP contribution in [0.2, 0.25) is 0 Å². The van der Waals surface area contributed by atoms with Crippen molar-refractivity contribution >= 4 is 12.1 Å². The quantitative estimate of drug-likeness (QED) is 0.625. The molecule has 0 unspecified atom stereocenters.